The Morgan fingerprint density at radius 3 is 3.08 bits per heavy atom. The molecule has 1 aliphatic rings. The van der Waals surface area contributed by atoms with Crippen molar-refractivity contribution in [3.05, 3.63) is 30.2 Å². The minimum Gasteiger partial charge on any atom is -0.339 e. The molecule has 1 fully saturated rings. The van der Waals surface area contributed by atoms with Crippen molar-refractivity contribution in [2.75, 3.05) is 6.54 Å². The highest BCUT2D eigenvalue weighted by Crippen LogP contribution is 2.20. The highest BCUT2D eigenvalue weighted by atomic mass is 16.5. The first-order valence-corrected chi connectivity index (χ1v) is 8.84. The number of aryl methyl sites for hydroxylation is 2. The van der Waals surface area contributed by atoms with Crippen molar-refractivity contribution in [3.8, 4) is 0 Å². The fourth-order valence-electron chi connectivity index (χ4n) is 3.22. The first-order valence-electron chi connectivity index (χ1n) is 8.84. The van der Waals surface area contributed by atoms with E-state index in [0.29, 0.717) is 18.7 Å². The van der Waals surface area contributed by atoms with E-state index in [-0.39, 0.29) is 11.9 Å². The summed E-state index contributed by atoms with van der Waals surface area (Å²) >= 11 is 0. The zero-order valence-electron chi connectivity index (χ0n) is 14.2. The molecule has 0 unspecified atom stereocenters. The molecule has 0 bridgehead atoms. The lowest BCUT2D eigenvalue weighted by Gasteiger charge is -2.35. The van der Waals surface area contributed by atoms with Crippen LogP contribution in [0.1, 0.15) is 50.7 Å². The van der Waals surface area contributed by atoms with Gasteiger partial charge in [-0.25, -0.2) is 0 Å². The summed E-state index contributed by atoms with van der Waals surface area (Å²) in [5.41, 5.74) is 0. The van der Waals surface area contributed by atoms with Gasteiger partial charge in [0.2, 0.25) is 11.8 Å². The molecular weight excluding hydrogens is 306 g/mol. The molecule has 3 heterocycles. The lowest BCUT2D eigenvalue weighted by Crippen LogP contribution is -2.46. The van der Waals surface area contributed by atoms with Crippen molar-refractivity contribution in [3.63, 3.8) is 0 Å². The second-order valence-corrected chi connectivity index (χ2v) is 6.32. The second-order valence-electron chi connectivity index (χ2n) is 6.32. The van der Waals surface area contributed by atoms with Crippen LogP contribution in [0.5, 0.6) is 0 Å². The van der Waals surface area contributed by atoms with E-state index in [0.717, 1.165) is 44.6 Å². The summed E-state index contributed by atoms with van der Waals surface area (Å²) in [6, 6.07) is 2.14. The van der Waals surface area contributed by atoms with Gasteiger partial charge in [-0.3, -0.25) is 9.48 Å². The standard InChI is InChI=1S/C17H25N5O2/c1-2-6-15-19-16(24-20-15)8-9-17(23)22-12-4-3-7-14(22)13-21-11-5-10-18-21/h5,10-11,14H,2-4,6-9,12-13H2,1H3/t14-/m0/s1. The van der Waals surface area contributed by atoms with Crippen LogP contribution >= 0.6 is 0 Å². The third kappa shape index (κ3) is 4.21. The largest absolute Gasteiger partial charge is 0.339 e. The van der Waals surface area contributed by atoms with Crippen LogP contribution in [-0.2, 0) is 24.2 Å². The highest BCUT2D eigenvalue weighted by Gasteiger charge is 2.27. The van der Waals surface area contributed by atoms with Crippen molar-refractivity contribution < 1.29 is 9.32 Å². The Balaban J connectivity index is 1.55. The summed E-state index contributed by atoms with van der Waals surface area (Å²) in [6.07, 6.45) is 9.73. The average Bonchev–Trinajstić information content (AvgIpc) is 3.25. The molecule has 1 amide bonds. The van der Waals surface area contributed by atoms with E-state index in [9.17, 15) is 4.79 Å². The number of rotatable bonds is 7. The van der Waals surface area contributed by atoms with Gasteiger partial charge in [-0.15, -0.1) is 0 Å². The van der Waals surface area contributed by atoms with E-state index in [1.165, 1.54) is 6.42 Å². The molecule has 0 N–H and O–H groups in total. The maximum atomic E-state index is 12.6. The van der Waals surface area contributed by atoms with Crippen LogP contribution in [0.2, 0.25) is 0 Å². The minimum atomic E-state index is 0.169. The number of likely N-dealkylation sites (tertiary alicyclic amines) is 1. The number of nitrogens with zero attached hydrogens (tertiary/aromatic N) is 5. The van der Waals surface area contributed by atoms with Crippen molar-refractivity contribution in [2.45, 2.75) is 64.5 Å². The molecule has 7 heteroatoms. The number of carbonyl (C=O) groups is 1. The summed E-state index contributed by atoms with van der Waals surface area (Å²) in [6.45, 7) is 3.67. The Labute approximate surface area is 142 Å². The molecule has 1 atom stereocenters. The maximum absolute atomic E-state index is 12.6. The van der Waals surface area contributed by atoms with Crippen LogP contribution in [0.25, 0.3) is 0 Å². The minimum absolute atomic E-state index is 0.169. The van der Waals surface area contributed by atoms with E-state index >= 15 is 0 Å². The highest BCUT2D eigenvalue weighted by molar-refractivity contribution is 5.76. The van der Waals surface area contributed by atoms with Crippen molar-refractivity contribution in [1.29, 1.82) is 0 Å². The second kappa shape index (κ2) is 8.08. The smallest absolute Gasteiger partial charge is 0.227 e. The van der Waals surface area contributed by atoms with E-state index in [4.69, 9.17) is 4.52 Å². The van der Waals surface area contributed by atoms with Crippen LogP contribution in [0.3, 0.4) is 0 Å². The maximum Gasteiger partial charge on any atom is 0.227 e. The third-order valence-electron chi connectivity index (χ3n) is 4.44. The van der Waals surface area contributed by atoms with Crippen molar-refractivity contribution in [2.24, 2.45) is 0 Å². The molecule has 3 rings (SSSR count). The van der Waals surface area contributed by atoms with Crippen LogP contribution < -0.4 is 0 Å². The molecule has 130 valence electrons. The van der Waals surface area contributed by atoms with Gasteiger partial charge in [-0.2, -0.15) is 10.1 Å². The summed E-state index contributed by atoms with van der Waals surface area (Å²) in [5, 5.41) is 8.20. The molecule has 0 aliphatic carbocycles. The quantitative estimate of drug-likeness (QED) is 0.777. The molecule has 7 nitrogen and oxygen atoms in total. The Bertz CT molecular complexity index is 637. The summed E-state index contributed by atoms with van der Waals surface area (Å²) in [4.78, 5) is 19.0. The van der Waals surface area contributed by atoms with E-state index in [1.807, 2.05) is 21.8 Å². The Morgan fingerprint density at radius 1 is 1.38 bits per heavy atom. The lowest BCUT2D eigenvalue weighted by atomic mass is 10.0. The van der Waals surface area contributed by atoms with E-state index < -0.39 is 0 Å². The first-order chi connectivity index (χ1) is 11.8. The van der Waals surface area contributed by atoms with Gasteiger partial charge < -0.3 is 9.42 Å². The molecule has 0 aromatic carbocycles. The molecule has 1 saturated heterocycles. The monoisotopic (exact) mass is 331 g/mol. The third-order valence-corrected chi connectivity index (χ3v) is 4.44. The zero-order chi connectivity index (χ0) is 16.8. The van der Waals surface area contributed by atoms with Gasteiger partial charge in [0.25, 0.3) is 0 Å². The SMILES string of the molecule is CCCc1noc(CCC(=O)N2CCCC[C@H]2Cn2cccn2)n1. The molecular formula is C17H25N5O2. The number of hydrogen-bond acceptors (Lipinski definition) is 5. The van der Waals surface area contributed by atoms with Crippen LogP contribution in [0.4, 0.5) is 0 Å². The van der Waals surface area contributed by atoms with Gasteiger partial charge in [-0.05, 0) is 31.7 Å². The number of piperidine rings is 1. The summed E-state index contributed by atoms with van der Waals surface area (Å²) < 4.78 is 7.13. The molecule has 0 radical (unpaired) electrons. The summed E-state index contributed by atoms with van der Waals surface area (Å²) in [7, 11) is 0. The molecule has 0 spiro atoms. The first kappa shape index (κ1) is 16.7. The number of amides is 1. The van der Waals surface area contributed by atoms with E-state index in [2.05, 4.69) is 22.2 Å². The van der Waals surface area contributed by atoms with Crippen molar-refractivity contribution in [1.82, 2.24) is 24.8 Å². The number of aromatic nitrogens is 4. The molecule has 1 aliphatic heterocycles. The van der Waals surface area contributed by atoms with Gasteiger partial charge in [0.05, 0.1) is 12.6 Å². The molecule has 24 heavy (non-hydrogen) atoms. The van der Waals surface area contributed by atoms with Crippen molar-refractivity contribution >= 4 is 5.91 Å². The Morgan fingerprint density at radius 2 is 2.29 bits per heavy atom. The normalized spacial score (nSPS) is 18.0. The van der Waals surface area contributed by atoms with Gasteiger partial charge in [0, 0.05) is 38.2 Å². The van der Waals surface area contributed by atoms with Gasteiger partial charge in [0.1, 0.15) is 0 Å². The number of carbonyl (C=O) groups excluding carboxylic acids is 1. The molecule has 0 saturated carbocycles. The predicted molar refractivity (Wildman–Crippen MR) is 88.2 cm³/mol. The van der Waals surface area contributed by atoms with Crippen LogP contribution in [0.15, 0.2) is 23.0 Å². The lowest BCUT2D eigenvalue weighted by molar-refractivity contribution is -0.135. The fourth-order valence-corrected chi connectivity index (χ4v) is 3.22. The fraction of sp³-hybridized carbons (Fsp3) is 0.647. The molecule has 2 aromatic heterocycles. The summed E-state index contributed by atoms with van der Waals surface area (Å²) in [5.74, 6) is 1.46. The van der Waals surface area contributed by atoms with Crippen LogP contribution in [0, 0.1) is 0 Å². The van der Waals surface area contributed by atoms with E-state index in [1.54, 1.807) is 6.20 Å². The molecule has 2 aromatic rings. The topological polar surface area (TPSA) is 77.0 Å². The Hall–Kier alpha value is -2.18. The average molecular weight is 331 g/mol. The predicted octanol–water partition coefficient (Wildman–Crippen LogP) is 2.23. The number of hydrogen-bond donors (Lipinski definition) is 0. The Kier molecular flexibility index (Phi) is 5.61. The van der Waals surface area contributed by atoms with Gasteiger partial charge in [0.15, 0.2) is 5.82 Å². The van der Waals surface area contributed by atoms with Gasteiger partial charge >= 0.3 is 0 Å². The van der Waals surface area contributed by atoms with Crippen LogP contribution in [-0.4, -0.2) is 43.3 Å². The zero-order valence-corrected chi connectivity index (χ0v) is 14.2. The van der Waals surface area contributed by atoms with Gasteiger partial charge in [-0.1, -0.05) is 12.1 Å².